The zero-order chi connectivity index (χ0) is 12.6. The zero-order valence-electron chi connectivity index (χ0n) is 11.3. The van der Waals surface area contributed by atoms with E-state index in [-0.39, 0.29) is 0 Å². The van der Waals surface area contributed by atoms with Crippen LogP contribution in [-0.2, 0) is 0 Å². The highest BCUT2D eigenvalue weighted by Gasteiger charge is 2.07. The van der Waals surface area contributed by atoms with Gasteiger partial charge in [0.1, 0.15) is 5.82 Å². The highest BCUT2D eigenvalue weighted by Crippen LogP contribution is 2.16. The maximum atomic E-state index is 4.52. The van der Waals surface area contributed by atoms with Crippen molar-refractivity contribution in [2.75, 3.05) is 0 Å². The molecule has 0 aliphatic carbocycles. The van der Waals surface area contributed by atoms with Crippen LogP contribution in [0.2, 0.25) is 0 Å². The maximum absolute atomic E-state index is 4.52. The molecule has 2 nitrogen and oxygen atoms in total. The van der Waals surface area contributed by atoms with Crippen molar-refractivity contribution in [2.24, 2.45) is 0 Å². The molecule has 2 heteroatoms. The Balaban J connectivity index is 0.00000106. The molecule has 0 fully saturated rings. The van der Waals surface area contributed by atoms with Gasteiger partial charge < -0.3 is 4.98 Å². The zero-order valence-corrected chi connectivity index (χ0v) is 11.3. The summed E-state index contributed by atoms with van der Waals surface area (Å²) in [5.74, 6) is 1.49. The number of imidazole rings is 1. The lowest BCUT2D eigenvalue weighted by atomic mass is 10.2. The van der Waals surface area contributed by atoms with Crippen molar-refractivity contribution < 1.29 is 0 Å². The fourth-order valence-electron chi connectivity index (χ4n) is 1.27. The average molecular weight is 220 g/mol. The van der Waals surface area contributed by atoms with E-state index in [1.807, 2.05) is 52.0 Å². The van der Waals surface area contributed by atoms with Crippen molar-refractivity contribution in [2.45, 2.75) is 47.5 Å². The molecule has 0 aliphatic heterocycles. The van der Waals surface area contributed by atoms with Gasteiger partial charge in [0.2, 0.25) is 0 Å². The van der Waals surface area contributed by atoms with Gasteiger partial charge in [0.15, 0.2) is 0 Å². The van der Waals surface area contributed by atoms with E-state index in [2.05, 4.69) is 23.8 Å². The second-order valence-corrected chi connectivity index (χ2v) is 3.58. The first-order chi connectivity index (χ1) is 7.69. The van der Waals surface area contributed by atoms with Gasteiger partial charge in [-0.05, 0) is 26.0 Å². The fourth-order valence-corrected chi connectivity index (χ4v) is 1.27. The number of nitrogens with zero attached hydrogens (tertiary/aromatic N) is 1. The highest BCUT2D eigenvalue weighted by atomic mass is 14.9. The van der Waals surface area contributed by atoms with E-state index in [4.69, 9.17) is 0 Å². The van der Waals surface area contributed by atoms with Crippen LogP contribution in [0, 0.1) is 0 Å². The number of allylic oxidation sites excluding steroid dienone is 2. The maximum Gasteiger partial charge on any atom is 0.109 e. The van der Waals surface area contributed by atoms with Crippen LogP contribution in [0.1, 0.15) is 64.7 Å². The molecular formula is C14H24N2. The minimum atomic E-state index is 0.443. The van der Waals surface area contributed by atoms with Crippen LogP contribution in [0.5, 0.6) is 0 Å². The number of hydrogen-bond donors (Lipinski definition) is 1. The molecule has 0 bridgehead atoms. The van der Waals surface area contributed by atoms with Crippen LogP contribution >= 0.6 is 0 Å². The first-order valence-electron chi connectivity index (χ1n) is 6.04. The second-order valence-electron chi connectivity index (χ2n) is 3.58. The van der Waals surface area contributed by atoms with Gasteiger partial charge in [-0.3, -0.25) is 0 Å². The Labute approximate surface area is 99.5 Å². The van der Waals surface area contributed by atoms with Gasteiger partial charge in [-0.25, -0.2) is 4.98 Å². The third-order valence-electron chi connectivity index (χ3n) is 1.98. The van der Waals surface area contributed by atoms with Crippen LogP contribution < -0.4 is 0 Å². The smallest absolute Gasteiger partial charge is 0.109 e. The Morgan fingerprint density at radius 2 is 1.62 bits per heavy atom. The van der Waals surface area contributed by atoms with Gasteiger partial charge in [0, 0.05) is 5.92 Å². The lowest BCUT2D eigenvalue weighted by Crippen LogP contribution is -1.89. The summed E-state index contributed by atoms with van der Waals surface area (Å²) in [5.41, 5.74) is 2.11. The largest absolute Gasteiger partial charge is 0.342 e. The van der Waals surface area contributed by atoms with Crippen LogP contribution in [0.25, 0.3) is 12.2 Å². The third kappa shape index (κ3) is 4.05. The van der Waals surface area contributed by atoms with E-state index < -0.39 is 0 Å². The van der Waals surface area contributed by atoms with Crippen LogP contribution in [0.15, 0.2) is 12.2 Å². The number of aromatic amines is 1. The van der Waals surface area contributed by atoms with Crippen LogP contribution in [0.4, 0.5) is 0 Å². The Bertz CT molecular complexity index is 314. The summed E-state index contributed by atoms with van der Waals surface area (Å²) >= 11 is 0. The summed E-state index contributed by atoms with van der Waals surface area (Å²) in [7, 11) is 0. The molecule has 16 heavy (non-hydrogen) atoms. The summed E-state index contributed by atoms with van der Waals surface area (Å²) in [4.78, 5) is 7.84. The minimum absolute atomic E-state index is 0.443. The fraction of sp³-hybridized carbons (Fsp3) is 0.500. The van der Waals surface area contributed by atoms with E-state index in [9.17, 15) is 0 Å². The van der Waals surface area contributed by atoms with Gasteiger partial charge >= 0.3 is 0 Å². The minimum Gasteiger partial charge on any atom is -0.342 e. The van der Waals surface area contributed by atoms with Crippen molar-refractivity contribution in [1.82, 2.24) is 9.97 Å². The van der Waals surface area contributed by atoms with Gasteiger partial charge in [0.05, 0.1) is 11.4 Å². The average Bonchev–Trinajstić information content (AvgIpc) is 2.66. The van der Waals surface area contributed by atoms with E-state index in [1.165, 1.54) is 0 Å². The Kier molecular flexibility index (Phi) is 7.27. The van der Waals surface area contributed by atoms with Crippen molar-refractivity contribution in [3.63, 3.8) is 0 Å². The quantitative estimate of drug-likeness (QED) is 0.790. The molecule has 0 atom stereocenters. The van der Waals surface area contributed by atoms with Gasteiger partial charge in [0.25, 0.3) is 0 Å². The highest BCUT2D eigenvalue weighted by molar-refractivity contribution is 5.59. The Morgan fingerprint density at radius 3 is 2.06 bits per heavy atom. The van der Waals surface area contributed by atoms with E-state index in [1.54, 1.807) is 0 Å². The molecule has 0 amide bonds. The van der Waals surface area contributed by atoms with Gasteiger partial charge in [-0.2, -0.15) is 0 Å². The lowest BCUT2D eigenvalue weighted by Gasteiger charge is -1.96. The topological polar surface area (TPSA) is 28.7 Å². The second kappa shape index (κ2) is 7.91. The molecule has 1 aromatic heterocycles. The van der Waals surface area contributed by atoms with E-state index >= 15 is 0 Å². The molecular weight excluding hydrogens is 196 g/mol. The normalized spacial score (nSPS) is 11.2. The molecule has 0 aliphatic rings. The molecule has 1 heterocycles. The molecule has 0 spiro atoms. The van der Waals surface area contributed by atoms with Crippen LogP contribution in [0.3, 0.4) is 0 Å². The SMILES string of the molecule is C/C=C\c1nc(C(C)C)[nH]c1/C=C\C.CC. The van der Waals surface area contributed by atoms with Crippen molar-refractivity contribution >= 4 is 12.2 Å². The summed E-state index contributed by atoms with van der Waals surface area (Å²) in [5, 5.41) is 0. The molecule has 1 rings (SSSR count). The third-order valence-corrected chi connectivity index (χ3v) is 1.98. The summed E-state index contributed by atoms with van der Waals surface area (Å²) < 4.78 is 0. The first kappa shape index (κ1) is 14.7. The predicted molar refractivity (Wildman–Crippen MR) is 73.4 cm³/mol. The molecule has 0 aromatic carbocycles. The van der Waals surface area contributed by atoms with Crippen LogP contribution in [-0.4, -0.2) is 9.97 Å². The molecule has 0 saturated heterocycles. The van der Waals surface area contributed by atoms with Gasteiger partial charge in [-0.1, -0.05) is 39.8 Å². The molecule has 1 aromatic rings. The number of nitrogens with one attached hydrogen (secondary N) is 1. The Hall–Kier alpha value is -1.31. The molecule has 0 unspecified atom stereocenters. The summed E-state index contributed by atoms with van der Waals surface area (Å²) in [6.07, 6.45) is 8.10. The standard InChI is InChI=1S/C12H18N2.C2H6/c1-5-7-10-11(8-6-2)14-12(13-10)9(3)4;1-2/h5-9H,1-4H3,(H,13,14);1-2H3/b7-5-,8-6-;. The number of rotatable bonds is 3. The Morgan fingerprint density at radius 1 is 1.06 bits per heavy atom. The first-order valence-corrected chi connectivity index (χ1v) is 6.04. The molecule has 1 N–H and O–H groups in total. The van der Waals surface area contributed by atoms with Crippen molar-refractivity contribution in [3.05, 3.63) is 29.4 Å². The number of aromatic nitrogens is 2. The summed E-state index contributed by atoms with van der Waals surface area (Å²) in [6.45, 7) is 12.3. The van der Waals surface area contributed by atoms with E-state index in [0.717, 1.165) is 17.2 Å². The lowest BCUT2D eigenvalue weighted by molar-refractivity contribution is 0.793. The number of hydrogen-bond acceptors (Lipinski definition) is 1. The molecule has 90 valence electrons. The van der Waals surface area contributed by atoms with Crippen molar-refractivity contribution in [3.8, 4) is 0 Å². The molecule has 0 saturated carbocycles. The molecule has 0 radical (unpaired) electrons. The predicted octanol–water partition coefficient (Wildman–Crippen LogP) is 4.63. The van der Waals surface area contributed by atoms with E-state index in [0.29, 0.717) is 5.92 Å². The monoisotopic (exact) mass is 220 g/mol. The summed E-state index contributed by atoms with van der Waals surface area (Å²) in [6, 6.07) is 0. The van der Waals surface area contributed by atoms with Crippen molar-refractivity contribution in [1.29, 1.82) is 0 Å². The number of H-pyrrole nitrogens is 1. The van der Waals surface area contributed by atoms with Gasteiger partial charge in [-0.15, -0.1) is 0 Å².